The van der Waals surface area contributed by atoms with E-state index >= 15 is 0 Å². The van der Waals surface area contributed by atoms with Crippen molar-refractivity contribution in [2.24, 2.45) is 5.16 Å². The quantitative estimate of drug-likeness (QED) is 0.487. The number of sulfonamides is 1. The Balaban J connectivity index is 1.56. The molecular weight excluding hydrogens is 441 g/mol. The number of hydrogen-bond acceptors (Lipinski definition) is 4. The van der Waals surface area contributed by atoms with E-state index in [1.807, 2.05) is 12.1 Å². The first-order chi connectivity index (χ1) is 15.2. The lowest BCUT2D eigenvalue weighted by atomic mass is 10.1. The molecular formula is C23H27F3N2O3S. The van der Waals surface area contributed by atoms with E-state index in [2.05, 4.69) is 12.1 Å². The fraction of sp³-hybridized carbons (Fsp3) is 0.435. The number of unbranched alkanes of at least 4 members (excludes halogenated alkanes) is 1. The van der Waals surface area contributed by atoms with Crippen LogP contribution in [0.25, 0.3) is 0 Å². The maximum absolute atomic E-state index is 13.0. The Labute approximate surface area is 186 Å². The van der Waals surface area contributed by atoms with E-state index in [9.17, 15) is 21.6 Å². The highest BCUT2D eigenvalue weighted by Crippen LogP contribution is 2.32. The molecule has 0 amide bonds. The number of alkyl halides is 3. The number of halogens is 3. The van der Waals surface area contributed by atoms with Gasteiger partial charge in [-0.3, -0.25) is 0 Å². The molecule has 174 valence electrons. The Kier molecular flexibility index (Phi) is 7.95. The van der Waals surface area contributed by atoms with Crippen molar-refractivity contribution in [3.05, 3.63) is 65.2 Å². The Morgan fingerprint density at radius 3 is 2.31 bits per heavy atom. The van der Waals surface area contributed by atoms with Gasteiger partial charge in [-0.2, -0.15) is 17.5 Å². The normalized spacial score (nSPS) is 15.6. The third-order valence-corrected chi connectivity index (χ3v) is 7.33. The summed E-state index contributed by atoms with van der Waals surface area (Å²) < 4.78 is 66.3. The van der Waals surface area contributed by atoms with Gasteiger partial charge in [-0.25, -0.2) is 8.42 Å². The summed E-state index contributed by atoms with van der Waals surface area (Å²) in [5.74, 6) is 0. The largest absolute Gasteiger partial charge is 0.416 e. The summed E-state index contributed by atoms with van der Waals surface area (Å²) in [4.78, 5) is 5.43. The van der Waals surface area contributed by atoms with Gasteiger partial charge in [0.1, 0.15) is 6.61 Å². The van der Waals surface area contributed by atoms with Crippen molar-refractivity contribution in [2.75, 3.05) is 13.1 Å². The highest BCUT2D eigenvalue weighted by Gasteiger charge is 2.33. The molecule has 0 unspecified atom stereocenters. The Bertz CT molecular complexity index is 1030. The molecule has 0 aromatic heterocycles. The average molecular weight is 469 g/mol. The van der Waals surface area contributed by atoms with Gasteiger partial charge in [-0.1, -0.05) is 48.8 Å². The van der Waals surface area contributed by atoms with Crippen LogP contribution in [0, 0.1) is 0 Å². The van der Waals surface area contributed by atoms with E-state index < -0.39 is 21.8 Å². The molecule has 1 aliphatic heterocycles. The smallest absolute Gasteiger partial charge is 0.391 e. The van der Waals surface area contributed by atoms with Crippen molar-refractivity contribution in [2.45, 2.75) is 56.7 Å². The van der Waals surface area contributed by atoms with Crippen LogP contribution in [0.3, 0.4) is 0 Å². The van der Waals surface area contributed by atoms with Gasteiger partial charge in [0.2, 0.25) is 10.0 Å². The summed E-state index contributed by atoms with van der Waals surface area (Å²) in [5, 5.41) is 3.96. The highest BCUT2D eigenvalue weighted by atomic mass is 32.2. The zero-order valence-corrected chi connectivity index (χ0v) is 18.8. The Morgan fingerprint density at radius 1 is 1.03 bits per heavy atom. The molecule has 0 aliphatic carbocycles. The molecule has 32 heavy (non-hydrogen) atoms. The van der Waals surface area contributed by atoms with E-state index in [0.717, 1.165) is 30.9 Å². The maximum Gasteiger partial charge on any atom is 0.416 e. The number of hydrogen-bond donors (Lipinski definition) is 0. The summed E-state index contributed by atoms with van der Waals surface area (Å²) in [5.41, 5.74) is 1.01. The van der Waals surface area contributed by atoms with Crippen LogP contribution in [-0.4, -0.2) is 31.5 Å². The van der Waals surface area contributed by atoms with Crippen LogP contribution in [-0.2, 0) is 34.1 Å². The van der Waals surface area contributed by atoms with Gasteiger partial charge >= 0.3 is 6.18 Å². The van der Waals surface area contributed by atoms with Crippen molar-refractivity contribution >= 4 is 15.7 Å². The van der Waals surface area contributed by atoms with Crippen LogP contribution in [0.5, 0.6) is 0 Å². The lowest BCUT2D eigenvalue weighted by molar-refractivity contribution is -0.138. The second-order valence-corrected chi connectivity index (χ2v) is 9.68. The molecule has 1 heterocycles. The van der Waals surface area contributed by atoms with Gasteiger partial charge in [0.15, 0.2) is 0 Å². The van der Waals surface area contributed by atoms with E-state index in [4.69, 9.17) is 4.84 Å². The number of aryl methyl sites for hydroxylation is 1. The Hall–Kier alpha value is -2.39. The lowest BCUT2D eigenvalue weighted by Gasteiger charge is -2.26. The predicted molar refractivity (Wildman–Crippen MR) is 117 cm³/mol. The molecule has 0 radical (unpaired) electrons. The van der Waals surface area contributed by atoms with Gasteiger partial charge in [0, 0.05) is 31.5 Å². The minimum Gasteiger partial charge on any atom is -0.391 e. The van der Waals surface area contributed by atoms with Crippen molar-refractivity contribution in [1.82, 2.24) is 4.31 Å². The molecule has 1 saturated heterocycles. The first kappa shape index (κ1) is 24.3. The second-order valence-electron chi connectivity index (χ2n) is 7.74. The third kappa shape index (κ3) is 6.10. The van der Waals surface area contributed by atoms with Crippen molar-refractivity contribution < 1.29 is 26.4 Å². The molecule has 3 rings (SSSR count). The first-order valence-corrected chi connectivity index (χ1v) is 12.1. The van der Waals surface area contributed by atoms with Gasteiger partial charge in [0.05, 0.1) is 16.2 Å². The minimum absolute atomic E-state index is 0.00625. The number of nitrogens with zero attached hydrogens (tertiary/aromatic N) is 2. The third-order valence-electron chi connectivity index (χ3n) is 5.42. The van der Waals surface area contributed by atoms with Crippen molar-refractivity contribution in [3.8, 4) is 0 Å². The monoisotopic (exact) mass is 468 g/mol. The highest BCUT2D eigenvalue weighted by molar-refractivity contribution is 7.89. The first-order valence-electron chi connectivity index (χ1n) is 10.6. The van der Waals surface area contributed by atoms with Crippen LogP contribution in [0.15, 0.2) is 58.6 Å². The topological polar surface area (TPSA) is 59.0 Å². The van der Waals surface area contributed by atoms with Gasteiger partial charge in [-0.05, 0) is 36.6 Å². The summed E-state index contributed by atoms with van der Waals surface area (Å²) in [6, 6.07) is 12.2. The fourth-order valence-corrected chi connectivity index (χ4v) is 4.99. The summed E-state index contributed by atoms with van der Waals surface area (Å²) in [7, 11) is -3.60. The van der Waals surface area contributed by atoms with Crippen LogP contribution >= 0.6 is 0 Å². The van der Waals surface area contributed by atoms with Crippen LogP contribution in [0.4, 0.5) is 13.2 Å². The molecule has 0 atom stereocenters. The summed E-state index contributed by atoms with van der Waals surface area (Å²) in [6.07, 6.45) is -0.654. The molecule has 1 fully saturated rings. The predicted octanol–water partition coefficient (Wildman–Crippen LogP) is 5.41. The number of oxime groups is 1. The molecule has 1 aliphatic rings. The lowest BCUT2D eigenvalue weighted by Crippen LogP contribution is -2.38. The molecule has 5 nitrogen and oxygen atoms in total. The summed E-state index contributed by atoms with van der Waals surface area (Å²) in [6.45, 7) is 2.31. The van der Waals surface area contributed by atoms with Gasteiger partial charge in [-0.15, -0.1) is 0 Å². The maximum atomic E-state index is 13.0. The molecule has 0 N–H and O–H groups in total. The van der Waals surface area contributed by atoms with Crippen molar-refractivity contribution in [1.29, 1.82) is 0 Å². The van der Waals surface area contributed by atoms with Crippen LogP contribution in [0.2, 0.25) is 0 Å². The molecule has 2 aromatic carbocycles. The van der Waals surface area contributed by atoms with E-state index in [0.29, 0.717) is 18.6 Å². The molecule has 0 saturated carbocycles. The fourth-order valence-electron chi connectivity index (χ4n) is 3.55. The van der Waals surface area contributed by atoms with Crippen LogP contribution < -0.4 is 0 Å². The Morgan fingerprint density at radius 2 is 1.69 bits per heavy atom. The molecule has 2 aromatic rings. The minimum atomic E-state index is -4.46. The molecule has 0 spiro atoms. The zero-order chi connectivity index (χ0) is 23.2. The SMILES string of the molecule is CCCCc1ccc(S(=O)(=O)N2CCC(=NOCc3ccccc3C(F)(F)F)CC2)cc1. The van der Waals surface area contributed by atoms with Gasteiger partial charge < -0.3 is 4.84 Å². The number of piperidine rings is 1. The average Bonchev–Trinajstić information content (AvgIpc) is 2.78. The number of rotatable bonds is 8. The second kappa shape index (κ2) is 10.5. The standard InChI is InChI=1S/C23H27F3N2O3S/c1-2-3-6-18-9-11-21(12-10-18)32(29,30)28-15-13-20(14-16-28)27-31-17-19-7-4-5-8-22(19)23(24,25)26/h4-5,7-12H,2-3,6,13-17H2,1H3. The van der Waals surface area contributed by atoms with E-state index in [-0.39, 0.29) is 30.2 Å². The zero-order valence-electron chi connectivity index (χ0n) is 17.9. The molecule has 9 heteroatoms. The van der Waals surface area contributed by atoms with E-state index in [1.165, 1.54) is 22.5 Å². The van der Waals surface area contributed by atoms with Gasteiger partial charge in [0.25, 0.3) is 0 Å². The van der Waals surface area contributed by atoms with Crippen LogP contribution in [0.1, 0.15) is 49.3 Å². The van der Waals surface area contributed by atoms with E-state index in [1.54, 1.807) is 12.1 Å². The summed E-state index contributed by atoms with van der Waals surface area (Å²) >= 11 is 0. The number of benzene rings is 2. The van der Waals surface area contributed by atoms with Crippen molar-refractivity contribution in [3.63, 3.8) is 0 Å². The molecule has 0 bridgehead atoms.